The van der Waals surface area contributed by atoms with Gasteiger partial charge in [-0.25, -0.2) is 4.98 Å². The molecule has 1 aliphatic rings. The quantitative estimate of drug-likeness (QED) is 0.674. The average Bonchev–Trinajstić information content (AvgIpc) is 3.16. The van der Waals surface area contributed by atoms with Crippen LogP contribution >= 0.6 is 0 Å². The van der Waals surface area contributed by atoms with Crippen molar-refractivity contribution in [3.8, 4) is 5.88 Å². The normalized spacial score (nSPS) is 15.5. The van der Waals surface area contributed by atoms with E-state index in [1.807, 2.05) is 19.1 Å². The van der Waals surface area contributed by atoms with Crippen molar-refractivity contribution in [3.05, 3.63) is 53.2 Å². The van der Waals surface area contributed by atoms with Crippen LogP contribution in [0.5, 0.6) is 5.88 Å². The Morgan fingerprint density at radius 2 is 1.81 bits per heavy atom. The summed E-state index contributed by atoms with van der Waals surface area (Å²) in [5.74, 6) is 0.696. The largest absolute Gasteiger partial charge is 0.478 e. The molecule has 0 bridgehead atoms. The van der Waals surface area contributed by atoms with Crippen molar-refractivity contribution in [2.45, 2.75) is 64.7 Å². The summed E-state index contributed by atoms with van der Waals surface area (Å²) in [5, 5.41) is 3.14. The summed E-state index contributed by atoms with van der Waals surface area (Å²) < 4.78 is 5.66. The van der Waals surface area contributed by atoms with Crippen LogP contribution in [0.3, 0.4) is 0 Å². The predicted octanol–water partition coefficient (Wildman–Crippen LogP) is 5.33. The van der Waals surface area contributed by atoms with Crippen LogP contribution in [0.25, 0.3) is 0 Å². The molecule has 1 saturated carbocycles. The minimum Gasteiger partial charge on any atom is -0.478 e. The van der Waals surface area contributed by atoms with Crippen molar-refractivity contribution < 1.29 is 9.53 Å². The van der Waals surface area contributed by atoms with E-state index in [1.165, 1.54) is 5.56 Å². The smallest absolute Gasteiger partial charge is 0.235 e. The monoisotopic (exact) mass is 366 g/mol. The van der Waals surface area contributed by atoms with Crippen molar-refractivity contribution in [2.75, 3.05) is 11.9 Å². The van der Waals surface area contributed by atoms with E-state index in [-0.39, 0.29) is 5.91 Å². The van der Waals surface area contributed by atoms with Crippen LogP contribution in [0.4, 0.5) is 5.69 Å². The van der Waals surface area contributed by atoms with E-state index in [0.717, 1.165) is 55.5 Å². The van der Waals surface area contributed by atoms with Gasteiger partial charge in [-0.15, -0.1) is 0 Å². The van der Waals surface area contributed by atoms with E-state index in [9.17, 15) is 4.79 Å². The second kappa shape index (κ2) is 8.55. The Morgan fingerprint density at radius 3 is 2.44 bits per heavy atom. The van der Waals surface area contributed by atoms with Crippen molar-refractivity contribution in [1.29, 1.82) is 0 Å². The molecule has 0 aliphatic heterocycles. The zero-order valence-corrected chi connectivity index (χ0v) is 16.7. The fraction of sp³-hybridized carbons (Fsp3) is 0.478. The van der Waals surface area contributed by atoms with Crippen LogP contribution in [0.15, 0.2) is 36.4 Å². The number of nitrogens with zero attached hydrogens (tertiary/aromatic N) is 1. The number of unbranched alkanes of at least 4 members (excludes halogenated alkanes) is 1. The van der Waals surface area contributed by atoms with Gasteiger partial charge in [0.05, 0.1) is 23.4 Å². The first kappa shape index (κ1) is 19.4. The molecule has 0 spiro atoms. The van der Waals surface area contributed by atoms with E-state index in [0.29, 0.717) is 12.5 Å². The maximum absolute atomic E-state index is 13.3. The van der Waals surface area contributed by atoms with Crippen LogP contribution in [-0.2, 0) is 10.2 Å². The van der Waals surface area contributed by atoms with Gasteiger partial charge < -0.3 is 10.1 Å². The molecule has 4 nitrogen and oxygen atoms in total. The number of ether oxygens (including phenoxy) is 1. The Balaban J connectivity index is 1.77. The highest BCUT2D eigenvalue weighted by Gasteiger charge is 2.42. The highest BCUT2D eigenvalue weighted by Crippen LogP contribution is 2.42. The summed E-state index contributed by atoms with van der Waals surface area (Å²) in [6, 6.07) is 12.1. The lowest BCUT2D eigenvalue weighted by Crippen LogP contribution is -2.38. The fourth-order valence-electron chi connectivity index (χ4n) is 3.81. The SMILES string of the molecule is CCCCOc1ccc(NC(=O)C2(c3ccc(C)cc3)CCCC2)c(C)n1. The number of pyridine rings is 1. The maximum atomic E-state index is 13.3. The molecular weight excluding hydrogens is 336 g/mol. The van der Waals surface area contributed by atoms with Crippen molar-refractivity contribution in [2.24, 2.45) is 0 Å². The minimum atomic E-state index is -0.434. The third-order valence-electron chi connectivity index (χ3n) is 5.55. The number of anilines is 1. The van der Waals surface area contributed by atoms with Gasteiger partial charge in [0.15, 0.2) is 0 Å². The Morgan fingerprint density at radius 1 is 1.11 bits per heavy atom. The number of benzene rings is 1. The molecule has 1 amide bonds. The van der Waals surface area contributed by atoms with Crippen molar-refractivity contribution in [3.63, 3.8) is 0 Å². The van der Waals surface area contributed by atoms with Gasteiger partial charge >= 0.3 is 0 Å². The molecule has 2 aromatic rings. The molecule has 1 aromatic carbocycles. The number of carbonyl (C=O) groups excluding carboxylic acids is 1. The molecule has 1 heterocycles. The Bertz CT molecular complexity index is 777. The average molecular weight is 367 g/mol. The number of hydrogen-bond donors (Lipinski definition) is 1. The number of carbonyl (C=O) groups is 1. The highest BCUT2D eigenvalue weighted by molar-refractivity contribution is 5.99. The first-order chi connectivity index (χ1) is 13.0. The molecule has 4 heteroatoms. The lowest BCUT2D eigenvalue weighted by atomic mass is 9.77. The van der Waals surface area contributed by atoms with Crippen molar-refractivity contribution >= 4 is 11.6 Å². The van der Waals surface area contributed by atoms with Gasteiger partial charge in [0.1, 0.15) is 0 Å². The predicted molar refractivity (Wildman–Crippen MR) is 109 cm³/mol. The van der Waals surface area contributed by atoms with E-state index >= 15 is 0 Å². The molecule has 0 radical (unpaired) electrons. The summed E-state index contributed by atoms with van der Waals surface area (Å²) >= 11 is 0. The summed E-state index contributed by atoms with van der Waals surface area (Å²) in [6.45, 7) is 6.79. The van der Waals surface area contributed by atoms with E-state index < -0.39 is 5.41 Å². The molecular formula is C23H30N2O2. The van der Waals surface area contributed by atoms with Gasteiger partial charge in [0.2, 0.25) is 11.8 Å². The van der Waals surface area contributed by atoms with Crippen LogP contribution < -0.4 is 10.1 Å². The lowest BCUT2D eigenvalue weighted by molar-refractivity contribution is -0.121. The number of nitrogens with one attached hydrogen (secondary N) is 1. The van der Waals surface area contributed by atoms with Crippen LogP contribution in [-0.4, -0.2) is 17.5 Å². The number of aromatic nitrogens is 1. The maximum Gasteiger partial charge on any atom is 0.235 e. The van der Waals surface area contributed by atoms with E-state index in [1.54, 1.807) is 0 Å². The van der Waals surface area contributed by atoms with Gasteiger partial charge in [0.25, 0.3) is 0 Å². The van der Waals surface area contributed by atoms with Gasteiger partial charge in [0, 0.05) is 6.07 Å². The zero-order chi connectivity index (χ0) is 19.3. The summed E-state index contributed by atoms with van der Waals surface area (Å²) in [7, 11) is 0. The first-order valence-corrected chi connectivity index (χ1v) is 10.0. The number of amides is 1. The standard InChI is InChI=1S/C23H30N2O2/c1-4-5-16-27-21-13-12-20(18(3)24-21)25-22(26)23(14-6-7-15-23)19-10-8-17(2)9-11-19/h8-13H,4-7,14-16H2,1-3H3,(H,25,26). The van der Waals surface area contributed by atoms with Gasteiger partial charge in [-0.2, -0.15) is 0 Å². The number of hydrogen-bond acceptors (Lipinski definition) is 3. The molecule has 0 atom stereocenters. The fourth-order valence-corrected chi connectivity index (χ4v) is 3.81. The summed E-state index contributed by atoms with van der Waals surface area (Å²) in [6.07, 6.45) is 6.07. The Kier molecular flexibility index (Phi) is 6.15. The molecule has 0 saturated heterocycles. The van der Waals surface area contributed by atoms with E-state index in [4.69, 9.17) is 4.74 Å². The second-order valence-corrected chi connectivity index (χ2v) is 7.59. The molecule has 144 valence electrons. The molecule has 0 unspecified atom stereocenters. The molecule has 1 N–H and O–H groups in total. The van der Waals surface area contributed by atoms with Crippen LogP contribution in [0, 0.1) is 13.8 Å². The summed E-state index contributed by atoms with van der Waals surface area (Å²) in [5.41, 5.74) is 3.45. The third-order valence-corrected chi connectivity index (χ3v) is 5.55. The van der Waals surface area contributed by atoms with Gasteiger partial charge in [-0.3, -0.25) is 4.79 Å². The molecule has 3 rings (SSSR count). The van der Waals surface area contributed by atoms with Crippen LogP contribution in [0.1, 0.15) is 62.3 Å². The third kappa shape index (κ3) is 4.32. The first-order valence-electron chi connectivity index (χ1n) is 10.0. The topological polar surface area (TPSA) is 51.2 Å². The molecule has 1 aromatic heterocycles. The lowest BCUT2D eigenvalue weighted by Gasteiger charge is -2.28. The molecule has 27 heavy (non-hydrogen) atoms. The Hall–Kier alpha value is -2.36. The van der Waals surface area contributed by atoms with Crippen molar-refractivity contribution in [1.82, 2.24) is 4.98 Å². The minimum absolute atomic E-state index is 0.0772. The van der Waals surface area contributed by atoms with Gasteiger partial charge in [-0.1, -0.05) is 56.0 Å². The molecule has 1 fully saturated rings. The van der Waals surface area contributed by atoms with Crippen LogP contribution in [0.2, 0.25) is 0 Å². The number of aryl methyl sites for hydroxylation is 2. The Labute approximate surface area is 162 Å². The zero-order valence-electron chi connectivity index (χ0n) is 16.7. The molecule has 1 aliphatic carbocycles. The van der Waals surface area contributed by atoms with E-state index in [2.05, 4.69) is 48.4 Å². The van der Waals surface area contributed by atoms with Gasteiger partial charge in [-0.05, 0) is 44.7 Å². The summed E-state index contributed by atoms with van der Waals surface area (Å²) in [4.78, 5) is 17.8. The highest BCUT2D eigenvalue weighted by atomic mass is 16.5. The second-order valence-electron chi connectivity index (χ2n) is 7.59. The number of rotatable bonds is 7.